The fraction of sp³-hybridized carbons (Fsp3) is 0.696. The van der Waals surface area contributed by atoms with Crippen molar-refractivity contribution in [1.29, 1.82) is 0 Å². The summed E-state index contributed by atoms with van der Waals surface area (Å²) in [5, 5.41) is 21.3. The Morgan fingerprint density at radius 3 is 1.09 bits per heavy atom. The smallest absolute Gasteiger partial charge is 0.331 e. The number of rotatable bonds is 30. The van der Waals surface area contributed by atoms with Crippen molar-refractivity contribution in [1.82, 2.24) is 0 Å². The predicted molar refractivity (Wildman–Crippen MR) is 220 cm³/mol. The van der Waals surface area contributed by atoms with E-state index >= 15 is 0 Å². The number of hydrogen-bond donors (Lipinski definition) is 2. The largest absolute Gasteiger partial charge is 0.481 e. The lowest BCUT2D eigenvalue weighted by Gasteiger charge is -2.27. The van der Waals surface area contributed by atoms with Crippen molar-refractivity contribution >= 4 is 35.0 Å². The van der Waals surface area contributed by atoms with Crippen LogP contribution in [0.4, 0.5) is 0 Å². The summed E-state index contributed by atoms with van der Waals surface area (Å²) < 4.78 is 11.5. The molecular weight excluding hydrogens is 680 g/mol. The van der Waals surface area contributed by atoms with Crippen molar-refractivity contribution in [2.24, 2.45) is 35.5 Å². The van der Waals surface area contributed by atoms with Crippen molar-refractivity contribution in [3.05, 3.63) is 47.5 Å². The van der Waals surface area contributed by atoms with Crippen molar-refractivity contribution in [3.63, 3.8) is 0 Å². The topological polar surface area (TPSA) is 127 Å². The van der Waals surface area contributed by atoms with Crippen LogP contribution in [-0.2, 0) is 28.7 Å². The zero-order valence-corrected chi connectivity index (χ0v) is 35.0. The molecule has 6 atom stereocenters. The summed E-state index contributed by atoms with van der Waals surface area (Å²) in [4.78, 5) is 52.8. The number of esters is 2. The standard InChI is InChI=1S/C46H74O8/c1-9-17-21-33(13-5)31-53-41(47)29-39(43(45(49)50)35(15-7)23-19-11-3)37-25-27-38(28-26-37)40(44(46(51)52)36(16-8)24-20-12-4)30-42(48)54-32-34(14-6)22-18-10-2/h25-30,33-36,43-44H,9-24,31-32H2,1-8H3,(H,49,50)(H,51,52). The molecule has 0 spiro atoms. The lowest BCUT2D eigenvalue weighted by Crippen LogP contribution is -2.26. The van der Waals surface area contributed by atoms with Crippen LogP contribution in [-0.4, -0.2) is 47.3 Å². The number of carboxylic acids is 2. The summed E-state index contributed by atoms with van der Waals surface area (Å²) >= 11 is 0. The Kier molecular flexibility index (Phi) is 25.3. The Labute approximate surface area is 327 Å². The van der Waals surface area contributed by atoms with Crippen molar-refractivity contribution < 1.29 is 38.9 Å². The summed E-state index contributed by atoms with van der Waals surface area (Å²) in [6.07, 6.45) is 16.8. The first kappa shape index (κ1) is 48.6. The maximum absolute atomic E-state index is 13.4. The summed E-state index contributed by atoms with van der Waals surface area (Å²) in [6.45, 7) is 17.1. The minimum atomic E-state index is -1.00. The lowest BCUT2D eigenvalue weighted by molar-refractivity contribution is -0.142. The molecule has 0 saturated heterocycles. The molecule has 0 aliphatic rings. The van der Waals surface area contributed by atoms with Crippen LogP contribution in [0.25, 0.3) is 11.1 Å². The van der Waals surface area contributed by atoms with E-state index in [0.29, 0.717) is 48.0 Å². The van der Waals surface area contributed by atoms with E-state index in [1.807, 2.05) is 13.8 Å². The number of carbonyl (C=O) groups excluding carboxylic acids is 2. The second kappa shape index (κ2) is 28.1. The monoisotopic (exact) mass is 755 g/mol. The second-order valence-corrected chi connectivity index (χ2v) is 15.1. The number of carboxylic acid groups (broad SMARTS) is 2. The first-order valence-electron chi connectivity index (χ1n) is 21.3. The first-order chi connectivity index (χ1) is 26.0. The molecule has 2 N–H and O–H groups in total. The zero-order valence-electron chi connectivity index (χ0n) is 35.0. The van der Waals surface area contributed by atoms with E-state index in [9.17, 15) is 29.4 Å². The molecule has 8 heteroatoms. The molecule has 0 bridgehead atoms. The van der Waals surface area contributed by atoms with E-state index in [2.05, 4.69) is 41.5 Å². The quantitative estimate of drug-likeness (QED) is 0.0587. The molecule has 1 aromatic rings. The third kappa shape index (κ3) is 16.9. The van der Waals surface area contributed by atoms with Gasteiger partial charge in [0.2, 0.25) is 0 Å². The molecule has 0 aromatic heterocycles. The fourth-order valence-corrected chi connectivity index (χ4v) is 7.42. The fourth-order valence-electron chi connectivity index (χ4n) is 7.42. The van der Waals surface area contributed by atoms with Crippen molar-refractivity contribution in [2.45, 2.75) is 158 Å². The van der Waals surface area contributed by atoms with E-state index in [0.717, 1.165) is 77.0 Å². The van der Waals surface area contributed by atoms with Gasteiger partial charge in [0.25, 0.3) is 0 Å². The molecule has 0 aliphatic carbocycles. The summed E-state index contributed by atoms with van der Waals surface area (Å²) in [6, 6.07) is 6.98. The minimum Gasteiger partial charge on any atom is -0.481 e. The van der Waals surface area contributed by atoms with Crippen LogP contribution in [0.1, 0.15) is 169 Å². The molecule has 0 aliphatic heterocycles. The van der Waals surface area contributed by atoms with E-state index in [4.69, 9.17) is 9.47 Å². The average Bonchev–Trinajstić information content (AvgIpc) is 3.16. The van der Waals surface area contributed by atoms with Gasteiger partial charge >= 0.3 is 23.9 Å². The van der Waals surface area contributed by atoms with Crippen LogP contribution in [0.15, 0.2) is 36.4 Å². The Bertz CT molecular complexity index is 1200. The number of carbonyl (C=O) groups is 4. The molecule has 0 fully saturated rings. The summed E-state index contributed by atoms with van der Waals surface area (Å²) in [5.74, 6) is -4.98. The molecular formula is C46H74O8. The van der Waals surface area contributed by atoms with Gasteiger partial charge in [-0.05, 0) is 71.6 Å². The predicted octanol–water partition coefficient (Wildman–Crippen LogP) is 11.8. The van der Waals surface area contributed by atoms with Gasteiger partial charge in [-0.25, -0.2) is 9.59 Å². The Morgan fingerprint density at radius 1 is 0.519 bits per heavy atom. The van der Waals surface area contributed by atoms with Gasteiger partial charge in [0, 0.05) is 12.2 Å². The van der Waals surface area contributed by atoms with Crippen LogP contribution < -0.4 is 0 Å². The van der Waals surface area contributed by atoms with Crippen LogP contribution in [0.2, 0.25) is 0 Å². The molecule has 6 unspecified atom stereocenters. The summed E-state index contributed by atoms with van der Waals surface area (Å²) in [7, 11) is 0. The molecule has 54 heavy (non-hydrogen) atoms. The third-order valence-corrected chi connectivity index (χ3v) is 11.2. The van der Waals surface area contributed by atoms with Gasteiger partial charge in [0.05, 0.1) is 25.0 Å². The van der Waals surface area contributed by atoms with Gasteiger partial charge in [-0.15, -0.1) is 0 Å². The molecule has 0 saturated carbocycles. The van der Waals surface area contributed by atoms with Gasteiger partial charge in [-0.3, -0.25) is 9.59 Å². The minimum absolute atomic E-state index is 0.205. The van der Waals surface area contributed by atoms with E-state index in [1.165, 1.54) is 12.2 Å². The molecule has 0 amide bonds. The number of unbranched alkanes of at least 4 members (excludes halogenated alkanes) is 4. The number of hydrogen-bond acceptors (Lipinski definition) is 6. The molecule has 0 heterocycles. The Hall–Kier alpha value is -3.42. The normalized spacial score (nSPS) is 15.5. The number of aliphatic carboxylic acids is 2. The Balaban J connectivity index is 3.83. The maximum Gasteiger partial charge on any atom is 0.331 e. The van der Waals surface area contributed by atoms with E-state index < -0.39 is 35.7 Å². The highest BCUT2D eigenvalue weighted by Crippen LogP contribution is 2.38. The van der Waals surface area contributed by atoms with Gasteiger partial charge in [0.15, 0.2) is 0 Å². The number of ether oxygens (including phenoxy) is 2. The third-order valence-electron chi connectivity index (χ3n) is 11.2. The highest BCUT2D eigenvalue weighted by atomic mass is 16.5. The lowest BCUT2D eigenvalue weighted by atomic mass is 9.76. The molecule has 0 radical (unpaired) electrons. The van der Waals surface area contributed by atoms with Crippen molar-refractivity contribution in [2.75, 3.05) is 13.2 Å². The van der Waals surface area contributed by atoms with Crippen LogP contribution in [0.5, 0.6) is 0 Å². The first-order valence-corrected chi connectivity index (χ1v) is 21.3. The second-order valence-electron chi connectivity index (χ2n) is 15.1. The van der Waals surface area contributed by atoms with Gasteiger partial charge in [-0.2, -0.15) is 0 Å². The van der Waals surface area contributed by atoms with Crippen LogP contribution in [0, 0.1) is 35.5 Å². The zero-order chi connectivity index (χ0) is 40.5. The van der Waals surface area contributed by atoms with E-state index in [1.54, 1.807) is 24.3 Å². The van der Waals surface area contributed by atoms with Crippen molar-refractivity contribution in [3.8, 4) is 0 Å². The number of benzene rings is 1. The van der Waals surface area contributed by atoms with Crippen LogP contribution in [0.3, 0.4) is 0 Å². The maximum atomic E-state index is 13.4. The van der Waals surface area contributed by atoms with Crippen LogP contribution >= 0.6 is 0 Å². The Morgan fingerprint density at radius 2 is 0.833 bits per heavy atom. The van der Waals surface area contributed by atoms with Gasteiger partial charge < -0.3 is 19.7 Å². The van der Waals surface area contributed by atoms with Gasteiger partial charge in [0.1, 0.15) is 0 Å². The molecule has 306 valence electrons. The highest BCUT2D eigenvalue weighted by molar-refractivity contribution is 5.99. The summed E-state index contributed by atoms with van der Waals surface area (Å²) in [5.41, 5.74) is 1.83. The molecule has 1 rings (SSSR count). The SMILES string of the molecule is CCCCC(CC)COC(=O)C=C(c1ccc(C(=CC(=O)OCC(CC)CCCC)C(C(=O)O)C(CC)CCCC)cc1)C(C(=O)O)C(CC)CCCC. The van der Waals surface area contributed by atoms with E-state index in [-0.39, 0.29) is 36.9 Å². The highest BCUT2D eigenvalue weighted by Gasteiger charge is 2.34. The average molecular weight is 755 g/mol. The van der Waals surface area contributed by atoms with Gasteiger partial charge in [-0.1, -0.05) is 157 Å². The molecule has 1 aromatic carbocycles. The molecule has 8 nitrogen and oxygen atoms in total.